The van der Waals surface area contributed by atoms with Gasteiger partial charge >= 0.3 is 5.97 Å². The largest absolute Gasteiger partial charge is 0.482 e. The Morgan fingerprint density at radius 2 is 1.73 bits per heavy atom. The number of nitrogens with zero attached hydrogens (tertiary/aromatic N) is 1. The summed E-state index contributed by atoms with van der Waals surface area (Å²) in [6.07, 6.45) is 0.335. The summed E-state index contributed by atoms with van der Waals surface area (Å²) in [7, 11) is 1.73. The zero-order valence-corrected chi connectivity index (χ0v) is 14.8. The number of halogens is 1. The van der Waals surface area contributed by atoms with Crippen LogP contribution in [0, 0.1) is 5.82 Å². The van der Waals surface area contributed by atoms with Crippen LogP contribution in [0.1, 0.15) is 30.4 Å². The van der Waals surface area contributed by atoms with Crippen molar-refractivity contribution >= 4 is 11.9 Å². The molecule has 1 N–H and O–H groups in total. The smallest absolute Gasteiger partial charge is 0.341 e. The molecular formula is C20H22FNO4. The van der Waals surface area contributed by atoms with Gasteiger partial charge in [0.05, 0.1) is 0 Å². The van der Waals surface area contributed by atoms with Crippen molar-refractivity contribution in [2.24, 2.45) is 0 Å². The number of carbonyl (C=O) groups excluding carboxylic acids is 1. The second-order valence-corrected chi connectivity index (χ2v) is 6.23. The molecule has 0 spiro atoms. The predicted molar refractivity (Wildman–Crippen MR) is 95.5 cm³/mol. The molecule has 1 atom stereocenters. The van der Waals surface area contributed by atoms with Gasteiger partial charge in [0.2, 0.25) is 5.91 Å². The first kappa shape index (κ1) is 19.4. The molecule has 0 saturated carbocycles. The van der Waals surface area contributed by atoms with Crippen molar-refractivity contribution in [1.29, 1.82) is 0 Å². The maximum Gasteiger partial charge on any atom is 0.341 e. The first-order valence-electron chi connectivity index (χ1n) is 8.28. The Balaban J connectivity index is 1.87. The molecule has 0 aliphatic rings. The Labute approximate surface area is 152 Å². The van der Waals surface area contributed by atoms with E-state index in [-0.39, 0.29) is 24.2 Å². The minimum absolute atomic E-state index is 0.00246. The third kappa shape index (κ3) is 5.88. The van der Waals surface area contributed by atoms with Gasteiger partial charge in [-0.25, -0.2) is 9.18 Å². The van der Waals surface area contributed by atoms with Gasteiger partial charge in [-0.15, -0.1) is 0 Å². The molecule has 6 heteroatoms. The molecule has 0 aliphatic heterocycles. The molecule has 2 rings (SSSR count). The summed E-state index contributed by atoms with van der Waals surface area (Å²) in [5.74, 6) is -0.865. The highest BCUT2D eigenvalue weighted by Crippen LogP contribution is 2.21. The fourth-order valence-corrected chi connectivity index (χ4v) is 2.53. The van der Waals surface area contributed by atoms with Gasteiger partial charge in [-0.2, -0.15) is 0 Å². The van der Waals surface area contributed by atoms with E-state index in [0.29, 0.717) is 18.7 Å². The lowest BCUT2D eigenvalue weighted by Crippen LogP contribution is -2.27. The van der Waals surface area contributed by atoms with Crippen LogP contribution < -0.4 is 4.74 Å². The second kappa shape index (κ2) is 8.99. The van der Waals surface area contributed by atoms with Crippen molar-refractivity contribution in [2.75, 3.05) is 13.7 Å². The lowest BCUT2D eigenvalue weighted by Gasteiger charge is -2.20. The van der Waals surface area contributed by atoms with E-state index in [4.69, 9.17) is 9.84 Å². The molecule has 0 fully saturated rings. The van der Waals surface area contributed by atoms with Gasteiger partial charge in [-0.3, -0.25) is 4.79 Å². The predicted octanol–water partition coefficient (Wildman–Crippen LogP) is 3.44. The second-order valence-electron chi connectivity index (χ2n) is 6.23. The Kier molecular flexibility index (Phi) is 6.72. The van der Waals surface area contributed by atoms with Gasteiger partial charge in [0.25, 0.3) is 0 Å². The lowest BCUT2D eigenvalue weighted by molar-refractivity contribution is -0.139. The van der Waals surface area contributed by atoms with Crippen LogP contribution in [0.4, 0.5) is 4.39 Å². The van der Waals surface area contributed by atoms with E-state index in [1.807, 2.05) is 6.92 Å². The average molecular weight is 359 g/mol. The fourth-order valence-electron chi connectivity index (χ4n) is 2.53. The van der Waals surface area contributed by atoms with Crippen LogP contribution in [0.15, 0.2) is 48.5 Å². The van der Waals surface area contributed by atoms with Crippen LogP contribution in [-0.4, -0.2) is 35.5 Å². The molecular weight excluding hydrogens is 337 g/mol. The maximum atomic E-state index is 13.0. The Morgan fingerprint density at radius 3 is 2.31 bits per heavy atom. The van der Waals surface area contributed by atoms with Gasteiger partial charge in [0, 0.05) is 20.0 Å². The molecule has 26 heavy (non-hydrogen) atoms. The van der Waals surface area contributed by atoms with E-state index >= 15 is 0 Å². The van der Waals surface area contributed by atoms with E-state index in [9.17, 15) is 14.0 Å². The summed E-state index contributed by atoms with van der Waals surface area (Å²) in [5, 5.41) is 8.59. The highest BCUT2D eigenvalue weighted by molar-refractivity contribution is 5.76. The van der Waals surface area contributed by atoms with Crippen LogP contribution in [0.3, 0.4) is 0 Å². The van der Waals surface area contributed by atoms with E-state index in [0.717, 1.165) is 11.1 Å². The first-order chi connectivity index (χ1) is 12.3. The van der Waals surface area contributed by atoms with Crippen LogP contribution in [-0.2, 0) is 16.1 Å². The third-order valence-corrected chi connectivity index (χ3v) is 4.05. The standard InChI is InChI=1S/C20H22FNO4/c1-14(16-5-7-17(21)8-6-16)11-19(23)22(2)12-15-3-9-18(10-4-15)26-13-20(24)25/h3-10,14H,11-13H2,1-2H3,(H,24,25). The summed E-state index contributed by atoms with van der Waals surface area (Å²) in [6, 6.07) is 13.1. The monoisotopic (exact) mass is 359 g/mol. The number of amides is 1. The van der Waals surface area contributed by atoms with E-state index in [1.165, 1.54) is 12.1 Å². The summed E-state index contributed by atoms with van der Waals surface area (Å²) < 4.78 is 18.1. The van der Waals surface area contributed by atoms with Gasteiger partial charge < -0.3 is 14.7 Å². The molecule has 0 radical (unpaired) electrons. The van der Waals surface area contributed by atoms with Crippen molar-refractivity contribution in [2.45, 2.75) is 25.8 Å². The van der Waals surface area contributed by atoms with Crippen LogP contribution in [0.5, 0.6) is 5.75 Å². The van der Waals surface area contributed by atoms with E-state index in [2.05, 4.69) is 0 Å². The number of hydrogen-bond acceptors (Lipinski definition) is 3. The lowest BCUT2D eigenvalue weighted by atomic mass is 9.97. The van der Waals surface area contributed by atoms with Crippen molar-refractivity contribution in [3.8, 4) is 5.75 Å². The van der Waals surface area contributed by atoms with Crippen molar-refractivity contribution in [1.82, 2.24) is 4.90 Å². The zero-order chi connectivity index (χ0) is 19.1. The molecule has 138 valence electrons. The minimum Gasteiger partial charge on any atom is -0.482 e. The van der Waals surface area contributed by atoms with E-state index in [1.54, 1.807) is 48.3 Å². The molecule has 0 heterocycles. The topological polar surface area (TPSA) is 66.8 Å². The molecule has 2 aromatic rings. The third-order valence-electron chi connectivity index (χ3n) is 4.05. The molecule has 0 aliphatic carbocycles. The molecule has 0 saturated heterocycles. The zero-order valence-electron chi connectivity index (χ0n) is 14.8. The highest BCUT2D eigenvalue weighted by atomic mass is 19.1. The molecule has 1 unspecified atom stereocenters. The highest BCUT2D eigenvalue weighted by Gasteiger charge is 2.15. The van der Waals surface area contributed by atoms with Gasteiger partial charge in [0.1, 0.15) is 11.6 Å². The number of carboxylic acid groups (broad SMARTS) is 1. The first-order valence-corrected chi connectivity index (χ1v) is 8.28. The van der Waals surface area contributed by atoms with Gasteiger partial charge in [0.15, 0.2) is 6.61 Å². The van der Waals surface area contributed by atoms with Gasteiger partial charge in [-0.1, -0.05) is 31.2 Å². The van der Waals surface area contributed by atoms with Gasteiger partial charge in [-0.05, 0) is 41.3 Å². The number of rotatable bonds is 8. The minimum atomic E-state index is -1.03. The molecule has 0 aromatic heterocycles. The van der Waals surface area contributed by atoms with Crippen molar-refractivity contribution < 1.29 is 23.8 Å². The summed E-state index contributed by atoms with van der Waals surface area (Å²) in [6.45, 7) is 1.99. The Morgan fingerprint density at radius 1 is 1.12 bits per heavy atom. The molecule has 0 bridgehead atoms. The summed E-state index contributed by atoms with van der Waals surface area (Å²) in [4.78, 5) is 24.5. The number of carboxylic acids is 1. The number of ether oxygens (including phenoxy) is 1. The molecule has 5 nitrogen and oxygen atoms in total. The van der Waals surface area contributed by atoms with Crippen LogP contribution in [0.25, 0.3) is 0 Å². The Bertz CT molecular complexity index is 743. The van der Waals surface area contributed by atoms with E-state index < -0.39 is 5.97 Å². The van der Waals surface area contributed by atoms with Crippen LogP contribution >= 0.6 is 0 Å². The number of benzene rings is 2. The maximum absolute atomic E-state index is 13.0. The van der Waals surface area contributed by atoms with Crippen LogP contribution in [0.2, 0.25) is 0 Å². The number of carbonyl (C=O) groups is 2. The normalized spacial score (nSPS) is 11.7. The fraction of sp³-hybridized carbons (Fsp3) is 0.300. The average Bonchev–Trinajstić information content (AvgIpc) is 2.61. The van der Waals surface area contributed by atoms with Crippen molar-refractivity contribution in [3.05, 3.63) is 65.5 Å². The SMILES string of the molecule is CC(CC(=O)N(C)Cc1ccc(OCC(=O)O)cc1)c1ccc(F)cc1. The molecule has 2 aromatic carbocycles. The summed E-state index contributed by atoms with van der Waals surface area (Å²) >= 11 is 0. The quantitative estimate of drug-likeness (QED) is 0.784. The van der Waals surface area contributed by atoms with Crippen molar-refractivity contribution in [3.63, 3.8) is 0 Å². The number of aliphatic carboxylic acids is 1. The summed E-state index contributed by atoms with van der Waals surface area (Å²) in [5.41, 5.74) is 1.84. The Hall–Kier alpha value is -2.89. The molecule has 1 amide bonds. The number of hydrogen-bond donors (Lipinski definition) is 1.